The van der Waals surface area contributed by atoms with Crippen LogP contribution in [0.25, 0.3) is 16.9 Å². The summed E-state index contributed by atoms with van der Waals surface area (Å²) in [7, 11) is 2.14. The lowest BCUT2D eigenvalue weighted by atomic mass is 10.0. The van der Waals surface area contributed by atoms with Crippen LogP contribution < -0.4 is 10.2 Å². The van der Waals surface area contributed by atoms with E-state index < -0.39 is 0 Å². The molecule has 0 aliphatic carbocycles. The van der Waals surface area contributed by atoms with Gasteiger partial charge in [0.2, 0.25) is 0 Å². The molecular weight excluding hydrogens is 448 g/mol. The van der Waals surface area contributed by atoms with E-state index in [-0.39, 0.29) is 5.91 Å². The molecule has 2 aromatic heterocycles. The van der Waals surface area contributed by atoms with Crippen LogP contribution in [-0.2, 0) is 6.54 Å². The minimum absolute atomic E-state index is 0.152. The maximum absolute atomic E-state index is 13.6. The molecule has 1 amide bonds. The van der Waals surface area contributed by atoms with E-state index in [1.807, 2.05) is 60.9 Å². The van der Waals surface area contributed by atoms with Crippen LogP contribution in [0, 0.1) is 13.8 Å². The molecule has 7 heteroatoms. The third kappa shape index (κ3) is 5.02. The summed E-state index contributed by atoms with van der Waals surface area (Å²) in [5.74, 6) is 0.792. The summed E-state index contributed by atoms with van der Waals surface area (Å²) in [5.41, 5.74) is 6.38. The van der Waals surface area contributed by atoms with Gasteiger partial charge < -0.3 is 15.1 Å². The number of hydrogen-bond donors (Lipinski definition) is 1. The van der Waals surface area contributed by atoms with Crippen LogP contribution in [0.2, 0.25) is 0 Å². The molecule has 7 nitrogen and oxygen atoms in total. The SMILES string of the molecule is Cc1ccc(-c2nn(-c3ccccc3)cc2C(=O)NCc2cccnc2N2CCN(C)CC2)c(C)c1. The number of hydrogen-bond acceptors (Lipinski definition) is 5. The number of carbonyl (C=O) groups is 1. The number of carbonyl (C=O) groups excluding carboxylic acids is 1. The molecule has 3 heterocycles. The highest BCUT2D eigenvalue weighted by atomic mass is 16.1. The minimum atomic E-state index is -0.152. The molecule has 36 heavy (non-hydrogen) atoms. The zero-order valence-electron chi connectivity index (χ0n) is 21.1. The fourth-order valence-corrected chi connectivity index (χ4v) is 4.67. The predicted octanol–water partition coefficient (Wildman–Crippen LogP) is 4.23. The maximum atomic E-state index is 13.6. The molecule has 1 aliphatic heterocycles. The third-order valence-corrected chi connectivity index (χ3v) is 6.73. The molecule has 1 N–H and O–H groups in total. The summed E-state index contributed by atoms with van der Waals surface area (Å²) in [4.78, 5) is 22.8. The quantitative estimate of drug-likeness (QED) is 0.447. The smallest absolute Gasteiger partial charge is 0.255 e. The van der Waals surface area contributed by atoms with Gasteiger partial charge in [-0.1, -0.05) is 48.0 Å². The normalized spacial score (nSPS) is 14.1. The zero-order chi connectivity index (χ0) is 25.1. The summed E-state index contributed by atoms with van der Waals surface area (Å²) < 4.78 is 1.78. The highest BCUT2D eigenvalue weighted by Gasteiger charge is 2.22. The van der Waals surface area contributed by atoms with Crippen molar-refractivity contribution in [3.8, 4) is 16.9 Å². The Morgan fingerprint density at radius 2 is 1.75 bits per heavy atom. The van der Waals surface area contributed by atoms with Gasteiger partial charge in [-0.15, -0.1) is 0 Å². The van der Waals surface area contributed by atoms with E-state index in [4.69, 9.17) is 5.10 Å². The van der Waals surface area contributed by atoms with Gasteiger partial charge in [0.1, 0.15) is 11.5 Å². The van der Waals surface area contributed by atoms with Gasteiger partial charge in [0.05, 0.1) is 11.3 Å². The number of para-hydroxylation sites is 1. The molecule has 0 unspecified atom stereocenters. The largest absolute Gasteiger partial charge is 0.354 e. The number of nitrogens with zero attached hydrogens (tertiary/aromatic N) is 5. The number of piperazine rings is 1. The monoisotopic (exact) mass is 480 g/mol. The van der Waals surface area contributed by atoms with Gasteiger partial charge in [0.15, 0.2) is 0 Å². The average Bonchev–Trinajstić information content (AvgIpc) is 3.34. The van der Waals surface area contributed by atoms with Crippen molar-refractivity contribution in [2.24, 2.45) is 0 Å². The molecule has 2 aromatic carbocycles. The second-order valence-electron chi connectivity index (χ2n) is 9.45. The van der Waals surface area contributed by atoms with E-state index >= 15 is 0 Å². The lowest BCUT2D eigenvalue weighted by Crippen LogP contribution is -2.45. The Bertz CT molecular complexity index is 1360. The lowest BCUT2D eigenvalue weighted by molar-refractivity contribution is 0.0951. The Kier molecular flexibility index (Phi) is 6.82. The Morgan fingerprint density at radius 3 is 2.50 bits per heavy atom. The molecule has 0 saturated carbocycles. The number of likely N-dealkylation sites (N-methyl/N-ethyl adjacent to an activating group) is 1. The van der Waals surface area contributed by atoms with Gasteiger partial charge in [0, 0.05) is 56.2 Å². The Morgan fingerprint density at radius 1 is 0.972 bits per heavy atom. The number of amides is 1. The van der Waals surface area contributed by atoms with Gasteiger partial charge in [0.25, 0.3) is 5.91 Å². The second-order valence-corrected chi connectivity index (χ2v) is 9.45. The molecule has 184 valence electrons. The first-order valence-corrected chi connectivity index (χ1v) is 12.4. The highest BCUT2D eigenvalue weighted by Crippen LogP contribution is 2.28. The molecule has 1 aliphatic rings. The molecule has 0 bridgehead atoms. The minimum Gasteiger partial charge on any atom is -0.354 e. The van der Waals surface area contributed by atoms with Gasteiger partial charge in [-0.3, -0.25) is 4.79 Å². The van der Waals surface area contributed by atoms with E-state index in [0.29, 0.717) is 17.8 Å². The van der Waals surface area contributed by atoms with Crippen molar-refractivity contribution in [3.63, 3.8) is 0 Å². The lowest BCUT2D eigenvalue weighted by Gasteiger charge is -2.34. The van der Waals surface area contributed by atoms with Gasteiger partial charge in [-0.2, -0.15) is 5.10 Å². The Labute approximate surface area is 212 Å². The van der Waals surface area contributed by atoms with E-state index in [1.165, 1.54) is 5.56 Å². The summed E-state index contributed by atoms with van der Waals surface area (Å²) in [6.45, 7) is 8.38. The Hall–Kier alpha value is -3.97. The maximum Gasteiger partial charge on any atom is 0.255 e. The summed E-state index contributed by atoms with van der Waals surface area (Å²) >= 11 is 0. The predicted molar refractivity (Wildman–Crippen MR) is 144 cm³/mol. The summed E-state index contributed by atoms with van der Waals surface area (Å²) in [5, 5.41) is 7.99. The molecule has 1 saturated heterocycles. The average molecular weight is 481 g/mol. The highest BCUT2D eigenvalue weighted by molar-refractivity contribution is 6.00. The molecule has 5 rings (SSSR count). The van der Waals surface area contributed by atoms with Crippen LogP contribution in [0.3, 0.4) is 0 Å². The van der Waals surface area contributed by atoms with Crippen molar-refractivity contribution >= 4 is 11.7 Å². The van der Waals surface area contributed by atoms with Gasteiger partial charge >= 0.3 is 0 Å². The van der Waals surface area contributed by atoms with Crippen molar-refractivity contribution in [1.29, 1.82) is 0 Å². The zero-order valence-corrected chi connectivity index (χ0v) is 21.1. The van der Waals surface area contributed by atoms with E-state index in [1.54, 1.807) is 4.68 Å². The first kappa shape index (κ1) is 23.8. The molecule has 0 spiro atoms. The molecule has 1 fully saturated rings. The fraction of sp³-hybridized carbons (Fsp3) is 0.276. The number of pyridine rings is 1. The van der Waals surface area contributed by atoms with Gasteiger partial charge in [-0.05, 0) is 44.7 Å². The molecular formula is C29H32N6O. The number of rotatable bonds is 6. The number of anilines is 1. The third-order valence-electron chi connectivity index (χ3n) is 6.73. The number of aromatic nitrogens is 3. The molecule has 4 aromatic rings. The van der Waals surface area contributed by atoms with Crippen LogP contribution in [0.4, 0.5) is 5.82 Å². The van der Waals surface area contributed by atoms with Crippen molar-refractivity contribution in [2.45, 2.75) is 20.4 Å². The number of nitrogens with one attached hydrogen (secondary N) is 1. The van der Waals surface area contributed by atoms with E-state index in [0.717, 1.165) is 54.4 Å². The van der Waals surface area contributed by atoms with E-state index in [9.17, 15) is 4.79 Å². The van der Waals surface area contributed by atoms with Gasteiger partial charge in [-0.25, -0.2) is 9.67 Å². The molecule has 0 atom stereocenters. The number of aryl methyl sites for hydroxylation is 2. The summed E-state index contributed by atoms with van der Waals surface area (Å²) in [6.07, 6.45) is 3.64. The van der Waals surface area contributed by atoms with Crippen LogP contribution in [0.5, 0.6) is 0 Å². The fourth-order valence-electron chi connectivity index (χ4n) is 4.67. The topological polar surface area (TPSA) is 66.3 Å². The standard InChI is InChI=1S/C29H32N6O/c1-21-11-12-25(22(2)18-21)27-26(20-35(32-27)24-9-5-4-6-10-24)29(36)31-19-23-8-7-13-30-28(23)34-16-14-33(3)15-17-34/h4-13,18,20H,14-17,19H2,1-3H3,(H,31,36). The van der Waals surface area contributed by atoms with Crippen LogP contribution in [0.1, 0.15) is 27.0 Å². The molecule has 0 radical (unpaired) electrons. The van der Waals surface area contributed by atoms with Crippen molar-refractivity contribution in [1.82, 2.24) is 25.0 Å². The van der Waals surface area contributed by atoms with Crippen LogP contribution >= 0.6 is 0 Å². The van der Waals surface area contributed by atoms with Crippen molar-refractivity contribution in [3.05, 3.63) is 95.3 Å². The summed E-state index contributed by atoms with van der Waals surface area (Å²) in [6, 6.07) is 20.1. The second kappa shape index (κ2) is 10.3. The Balaban J connectivity index is 1.43. The first-order valence-electron chi connectivity index (χ1n) is 12.4. The number of benzene rings is 2. The van der Waals surface area contributed by atoms with Crippen LogP contribution in [-0.4, -0.2) is 58.8 Å². The van der Waals surface area contributed by atoms with Crippen molar-refractivity contribution in [2.75, 3.05) is 38.1 Å². The van der Waals surface area contributed by atoms with Crippen molar-refractivity contribution < 1.29 is 4.79 Å². The first-order chi connectivity index (χ1) is 17.5. The van der Waals surface area contributed by atoms with E-state index in [2.05, 4.69) is 53.1 Å². The van der Waals surface area contributed by atoms with Crippen LogP contribution in [0.15, 0.2) is 73.1 Å².